The molecule has 1 amide bonds. The molecule has 5 nitrogen and oxygen atoms in total. The number of Topliss-reactive ketones (excluding diaryl/α,β-unsaturated/α-hetero) is 1. The lowest BCUT2D eigenvalue weighted by molar-refractivity contribution is -0.128. The van der Waals surface area contributed by atoms with Crippen molar-refractivity contribution < 1.29 is 23.5 Å². The van der Waals surface area contributed by atoms with Crippen molar-refractivity contribution in [2.45, 2.75) is 32.3 Å². The molecular weight excluding hydrogens is 381 g/mol. The number of thiophene rings is 1. The van der Waals surface area contributed by atoms with Crippen molar-refractivity contribution in [2.24, 2.45) is 5.92 Å². The largest absolute Gasteiger partial charge is 0.487 e. The first-order valence-corrected chi connectivity index (χ1v) is 10.3. The van der Waals surface area contributed by atoms with Crippen molar-refractivity contribution in [1.29, 1.82) is 0 Å². The van der Waals surface area contributed by atoms with Crippen LogP contribution >= 0.6 is 11.3 Å². The monoisotopic (exact) mass is 403 g/mol. The fourth-order valence-electron chi connectivity index (χ4n) is 3.68. The fourth-order valence-corrected chi connectivity index (χ4v) is 4.60. The minimum atomic E-state index is -0.331. The molecule has 0 spiro atoms. The van der Waals surface area contributed by atoms with Gasteiger partial charge in [-0.15, -0.1) is 11.3 Å². The molecule has 0 aliphatic carbocycles. The maximum atomic E-state index is 14.2. The number of benzene rings is 1. The number of hydrogen-bond acceptors (Lipinski definition) is 5. The second kappa shape index (κ2) is 8.01. The van der Waals surface area contributed by atoms with E-state index < -0.39 is 0 Å². The molecule has 0 saturated carbocycles. The molecule has 1 fully saturated rings. The normalized spacial score (nSPS) is 19.1. The van der Waals surface area contributed by atoms with Gasteiger partial charge in [-0.05, 0) is 44.0 Å². The lowest BCUT2D eigenvalue weighted by Crippen LogP contribution is -2.39. The predicted octanol–water partition coefficient (Wildman–Crippen LogP) is 3.60. The number of hydrogen-bond donors (Lipinski definition) is 1. The van der Waals surface area contributed by atoms with Crippen LogP contribution < -0.4 is 10.1 Å². The molecule has 1 aromatic heterocycles. The Morgan fingerprint density at radius 2 is 2.04 bits per heavy atom. The first-order chi connectivity index (χ1) is 13.5. The molecule has 4 rings (SSSR count). The third kappa shape index (κ3) is 3.95. The molecule has 0 bridgehead atoms. The summed E-state index contributed by atoms with van der Waals surface area (Å²) in [5.41, 5.74) is 1.45. The van der Waals surface area contributed by atoms with Crippen molar-refractivity contribution in [1.82, 2.24) is 5.32 Å². The van der Waals surface area contributed by atoms with Crippen LogP contribution in [-0.2, 0) is 16.0 Å². The maximum Gasteiger partial charge on any atom is 0.223 e. The second-order valence-corrected chi connectivity index (χ2v) is 8.32. The Bertz CT molecular complexity index is 904. The van der Waals surface area contributed by atoms with Crippen molar-refractivity contribution in [3.05, 3.63) is 40.5 Å². The summed E-state index contributed by atoms with van der Waals surface area (Å²) in [6, 6.07) is 6.50. The first-order valence-electron chi connectivity index (χ1n) is 9.47. The number of halogens is 1. The van der Waals surface area contributed by atoms with Gasteiger partial charge in [-0.2, -0.15) is 0 Å². The summed E-state index contributed by atoms with van der Waals surface area (Å²) in [5, 5.41) is 2.97. The van der Waals surface area contributed by atoms with Gasteiger partial charge in [0.15, 0.2) is 5.78 Å². The first kappa shape index (κ1) is 19.1. The van der Waals surface area contributed by atoms with Crippen LogP contribution in [0.15, 0.2) is 24.3 Å². The highest BCUT2D eigenvalue weighted by molar-refractivity contribution is 7.17. The lowest BCUT2D eigenvalue weighted by Gasteiger charge is -2.22. The van der Waals surface area contributed by atoms with Gasteiger partial charge < -0.3 is 14.8 Å². The van der Waals surface area contributed by atoms with E-state index in [-0.39, 0.29) is 29.5 Å². The van der Waals surface area contributed by atoms with Crippen LogP contribution in [0.2, 0.25) is 0 Å². The van der Waals surface area contributed by atoms with Crippen LogP contribution in [0.5, 0.6) is 5.75 Å². The van der Waals surface area contributed by atoms with E-state index in [0.29, 0.717) is 42.4 Å². The molecular formula is C21H22FNO4S. The summed E-state index contributed by atoms with van der Waals surface area (Å²) >= 11 is 1.33. The highest BCUT2D eigenvalue weighted by atomic mass is 32.1. The van der Waals surface area contributed by atoms with Gasteiger partial charge in [0.05, 0.1) is 11.4 Å². The zero-order valence-electron chi connectivity index (χ0n) is 15.6. The SMILES string of the molecule is CC(=O)c1ccc(-c2cc(F)cc3c2OC(CNC(=O)C2CCOCC2)C3)s1. The van der Waals surface area contributed by atoms with Crippen LogP contribution in [0.4, 0.5) is 4.39 Å². The van der Waals surface area contributed by atoms with Gasteiger partial charge in [-0.1, -0.05) is 0 Å². The van der Waals surface area contributed by atoms with Crippen LogP contribution in [0.1, 0.15) is 35.0 Å². The highest BCUT2D eigenvalue weighted by Crippen LogP contribution is 2.42. The molecule has 0 radical (unpaired) electrons. The van der Waals surface area contributed by atoms with E-state index in [4.69, 9.17) is 9.47 Å². The molecule has 28 heavy (non-hydrogen) atoms. The van der Waals surface area contributed by atoms with Gasteiger partial charge in [0.1, 0.15) is 17.7 Å². The Balaban J connectivity index is 1.46. The number of nitrogens with one attached hydrogen (secondary N) is 1. The van der Waals surface area contributed by atoms with Crippen LogP contribution in [0.25, 0.3) is 10.4 Å². The predicted molar refractivity (Wildman–Crippen MR) is 104 cm³/mol. The second-order valence-electron chi connectivity index (χ2n) is 7.24. The molecule has 7 heteroatoms. The summed E-state index contributed by atoms with van der Waals surface area (Å²) < 4.78 is 25.5. The smallest absolute Gasteiger partial charge is 0.223 e. The number of carbonyl (C=O) groups excluding carboxylic acids is 2. The van der Waals surface area contributed by atoms with Crippen LogP contribution in [0, 0.1) is 11.7 Å². The Morgan fingerprint density at radius 1 is 1.25 bits per heavy atom. The van der Waals surface area contributed by atoms with Gasteiger partial charge in [0.25, 0.3) is 0 Å². The molecule has 1 saturated heterocycles. The van der Waals surface area contributed by atoms with Gasteiger partial charge >= 0.3 is 0 Å². The number of ketones is 1. The van der Waals surface area contributed by atoms with Crippen molar-refractivity contribution in [2.75, 3.05) is 19.8 Å². The fraction of sp³-hybridized carbons (Fsp3) is 0.429. The molecule has 2 aliphatic heterocycles. The van der Waals surface area contributed by atoms with Gasteiger partial charge in [0.2, 0.25) is 5.91 Å². The van der Waals surface area contributed by atoms with E-state index in [2.05, 4.69) is 5.32 Å². The summed E-state index contributed by atoms with van der Waals surface area (Å²) in [4.78, 5) is 25.3. The summed E-state index contributed by atoms with van der Waals surface area (Å²) in [5.74, 6) is 0.310. The third-order valence-electron chi connectivity index (χ3n) is 5.18. The lowest BCUT2D eigenvalue weighted by atomic mass is 9.99. The van der Waals surface area contributed by atoms with Gasteiger partial charge in [-0.25, -0.2) is 4.39 Å². The van der Waals surface area contributed by atoms with Crippen LogP contribution in [-0.4, -0.2) is 37.6 Å². The average Bonchev–Trinajstić information content (AvgIpc) is 3.33. The number of amides is 1. The van der Waals surface area contributed by atoms with Crippen LogP contribution in [0.3, 0.4) is 0 Å². The molecule has 148 valence electrons. The number of ether oxygens (including phenoxy) is 2. The number of carbonyl (C=O) groups is 2. The molecule has 1 atom stereocenters. The third-order valence-corrected chi connectivity index (χ3v) is 6.40. The summed E-state index contributed by atoms with van der Waals surface area (Å²) in [6.45, 7) is 3.14. The van der Waals surface area contributed by atoms with Gasteiger partial charge in [0, 0.05) is 41.6 Å². The van der Waals surface area contributed by atoms with Crippen molar-refractivity contribution in [3.63, 3.8) is 0 Å². The van der Waals surface area contributed by atoms with E-state index in [9.17, 15) is 14.0 Å². The molecule has 1 N–H and O–H groups in total. The van der Waals surface area contributed by atoms with Crippen molar-refractivity contribution in [3.8, 4) is 16.2 Å². The molecule has 2 aromatic rings. The Morgan fingerprint density at radius 3 is 2.75 bits per heavy atom. The van der Waals surface area contributed by atoms with E-state index in [1.54, 1.807) is 6.07 Å². The van der Waals surface area contributed by atoms with Crippen molar-refractivity contribution >= 4 is 23.0 Å². The Kier molecular flexibility index (Phi) is 5.46. The minimum absolute atomic E-state index is 0.0124. The summed E-state index contributed by atoms with van der Waals surface area (Å²) in [7, 11) is 0. The minimum Gasteiger partial charge on any atom is -0.487 e. The van der Waals surface area contributed by atoms with E-state index in [0.717, 1.165) is 23.3 Å². The molecule has 3 heterocycles. The average molecular weight is 403 g/mol. The summed E-state index contributed by atoms with van der Waals surface area (Å²) in [6.07, 6.45) is 1.79. The zero-order valence-corrected chi connectivity index (χ0v) is 16.4. The van der Waals surface area contributed by atoms with E-state index in [1.807, 2.05) is 6.07 Å². The number of fused-ring (bicyclic) bond motifs is 1. The quantitative estimate of drug-likeness (QED) is 0.775. The van der Waals surface area contributed by atoms with E-state index in [1.165, 1.54) is 30.4 Å². The Hall–Kier alpha value is -2.25. The standard InChI is InChI=1S/C21H22FNO4S/c1-12(24)18-2-3-19(28-18)17-10-15(22)8-14-9-16(27-20(14)17)11-23-21(25)13-4-6-26-7-5-13/h2-3,8,10,13,16H,4-7,9,11H2,1H3,(H,23,25). The topological polar surface area (TPSA) is 64.6 Å². The van der Waals surface area contributed by atoms with Gasteiger partial charge in [-0.3, -0.25) is 9.59 Å². The molecule has 2 aliphatic rings. The Labute approximate surface area is 166 Å². The maximum absolute atomic E-state index is 14.2. The highest BCUT2D eigenvalue weighted by Gasteiger charge is 2.29. The molecule has 1 unspecified atom stereocenters. The number of rotatable bonds is 5. The molecule has 1 aromatic carbocycles. The van der Waals surface area contributed by atoms with E-state index >= 15 is 0 Å². The zero-order chi connectivity index (χ0) is 19.7.